The van der Waals surface area contributed by atoms with E-state index in [0.717, 1.165) is 18.5 Å². The van der Waals surface area contributed by atoms with Crippen LogP contribution in [0.3, 0.4) is 0 Å². The van der Waals surface area contributed by atoms with Gasteiger partial charge < -0.3 is 14.5 Å². The first-order valence-corrected chi connectivity index (χ1v) is 10.3. The molecule has 2 aromatic rings. The molecule has 1 saturated heterocycles. The van der Waals surface area contributed by atoms with Gasteiger partial charge in [-0.3, -0.25) is 9.59 Å². The molecule has 2 amide bonds. The Bertz CT molecular complexity index is 934. The zero-order chi connectivity index (χ0) is 21.1. The van der Waals surface area contributed by atoms with E-state index in [0.29, 0.717) is 25.9 Å². The van der Waals surface area contributed by atoms with E-state index in [4.69, 9.17) is 0 Å². The van der Waals surface area contributed by atoms with Crippen LogP contribution in [-0.2, 0) is 11.2 Å². The standard InChI is InChI=1S/C23H24F2N2O3/c24-23(25)30-20-12-4-2-10-18(20)22(29)26-13-5-9-17(15-26)21(28)27-14-6-8-16-7-1-3-11-19(16)27/h1-4,7,10-12,17,23H,5-6,8-9,13-15H2. The Morgan fingerprint density at radius 3 is 2.60 bits per heavy atom. The SMILES string of the molecule is O=C(c1ccccc1OC(F)F)N1CCCC(C(=O)N2CCCc3ccccc32)C1. The number of alkyl halides is 2. The van der Waals surface area contributed by atoms with Crippen molar-refractivity contribution in [2.45, 2.75) is 32.3 Å². The Morgan fingerprint density at radius 1 is 1.00 bits per heavy atom. The van der Waals surface area contributed by atoms with E-state index >= 15 is 0 Å². The molecule has 158 valence electrons. The molecule has 0 radical (unpaired) electrons. The van der Waals surface area contributed by atoms with Gasteiger partial charge in [0, 0.05) is 25.3 Å². The van der Waals surface area contributed by atoms with Gasteiger partial charge in [-0.15, -0.1) is 0 Å². The number of nitrogens with zero attached hydrogens (tertiary/aromatic N) is 2. The van der Waals surface area contributed by atoms with E-state index in [1.165, 1.54) is 17.7 Å². The highest BCUT2D eigenvalue weighted by atomic mass is 19.3. The molecule has 4 rings (SSSR count). The molecule has 2 heterocycles. The van der Waals surface area contributed by atoms with E-state index in [1.54, 1.807) is 17.0 Å². The Hall–Kier alpha value is -2.96. The van der Waals surface area contributed by atoms with Gasteiger partial charge in [-0.1, -0.05) is 30.3 Å². The van der Waals surface area contributed by atoms with Crippen molar-refractivity contribution in [3.8, 4) is 5.75 Å². The number of likely N-dealkylation sites (tertiary alicyclic amines) is 1. The first-order valence-electron chi connectivity index (χ1n) is 10.3. The van der Waals surface area contributed by atoms with Crippen LogP contribution in [0.25, 0.3) is 0 Å². The average Bonchev–Trinajstić information content (AvgIpc) is 2.78. The van der Waals surface area contributed by atoms with Crippen molar-refractivity contribution < 1.29 is 23.1 Å². The molecule has 5 nitrogen and oxygen atoms in total. The summed E-state index contributed by atoms with van der Waals surface area (Å²) in [6.45, 7) is -1.57. The number of amides is 2. The highest BCUT2D eigenvalue weighted by molar-refractivity contribution is 5.99. The highest BCUT2D eigenvalue weighted by Crippen LogP contribution is 2.31. The van der Waals surface area contributed by atoms with E-state index in [-0.39, 0.29) is 35.6 Å². The number of fused-ring (bicyclic) bond motifs is 1. The molecular weight excluding hydrogens is 390 g/mol. The minimum absolute atomic E-state index is 0.0248. The molecule has 2 aliphatic heterocycles. The van der Waals surface area contributed by atoms with Gasteiger partial charge in [0.05, 0.1) is 11.5 Å². The van der Waals surface area contributed by atoms with E-state index in [1.807, 2.05) is 29.2 Å². The van der Waals surface area contributed by atoms with Crippen LogP contribution in [0.4, 0.5) is 14.5 Å². The van der Waals surface area contributed by atoms with Gasteiger partial charge in [-0.2, -0.15) is 8.78 Å². The molecule has 0 saturated carbocycles. The smallest absolute Gasteiger partial charge is 0.387 e. The summed E-state index contributed by atoms with van der Waals surface area (Å²) >= 11 is 0. The predicted octanol–water partition coefficient (Wildman–Crippen LogP) is 4.12. The first-order chi connectivity index (χ1) is 14.5. The second-order valence-electron chi connectivity index (χ2n) is 7.69. The number of para-hydroxylation sites is 2. The van der Waals surface area contributed by atoms with E-state index < -0.39 is 6.61 Å². The van der Waals surface area contributed by atoms with Crippen molar-refractivity contribution in [2.75, 3.05) is 24.5 Å². The summed E-state index contributed by atoms with van der Waals surface area (Å²) in [5, 5.41) is 0. The molecule has 0 aliphatic carbocycles. The van der Waals surface area contributed by atoms with Crippen LogP contribution in [0, 0.1) is 5.92 Å². The fraction of sp³-hybridized carbons (Fsp3) is 0.391. The molecule has 1 atom stereocenters. The van der Waals surface area contributed by atoms with Crippen molar-refractivity contribution in [1.29, 1.82) is 0 Å². The second kappa shape index (κ2) is 8.81. The lowest BCUT2D eigenvalue weighted by Crippen LogP contribution is -2.48. The van der Waals surface area contributed by atoms with Crippen molar-refractivity contribution in [3.05, 3.63) is 59.7 Å². The van der Waals surface area contributed by atoms with Crippen molar-refractivity contribution >= 4 is 17.5 Å². The number of hydrogen-bond acceptors (Lipinski definition) is 3. The molecule has 1 fully saturated rings. The third-order valence-corrected chi connectivity index (χ3v) is 5.77. The minimum Gasteiger partial charge on any atom is -0.434 e. The third-order valence-electron chi connectivity index (χ3n) is 5.77. The number of piperidine rings is 1. The average molecular weight is 414 g/mol. The molecule has 0 bridgehead atoms. The molecular formula is C23H24F2N2O3. The number of aryl methyl sites for hydroxylation is 1. The normalized spacial score (nSPS) is 18.8. The number of anilines is 1. The number of ether oxygens (including phenoxy) is 1. The van der Waals surface area contributed by atoms with Gasteiger partial charge in [0.25, 0.3) is 5.91 Å². The molecule has 0 aromatic heterocycles. The maximum atomic E-state index is 13.3. The van der Waals surface area contributed by atoms with Crippen LogP contribution in [-0.4, -0.2) is 43.0 Å². The van der Waals surface area contributed by atoms with Gasteiger partial charge in [-0.25, -0.2) is 0 Å². The fourth-order valence-electron chi connectivity index (χ4n) is 4.36. The van der Waals surface area contributed by atoms with Crippen LogP contribution >= 0.6 is 0 Å². The summed E-state index contributed by atoms with van der Waals surface area (Å²) < 4.78 is 29.9. The fourth-order valence-corrected chi connectivity index (χ4v) is 4.36. The highest BCUT2D eigenvalue weighted by Gasteiger charge is 2.34. The predicted molar refractivity (Wildman–Crippen MR) is 109 cm³/mol. The Labute approximate surface area is 174 Å². The molecule has 30 heavy (non-hydrogen) atoms. The maximum Gasteiger partial charge on any atom is 0.387 e. The molecule has 2 aromatic carbocycles. The van der Waals surface area contributed by atoms with Gasteiger partial charge in [-0.05, 0) is 49.4 Å². The number of benzene rings is 2. The lowest BCUT2D eigenvalue weighted by Gasteiger charge is -2.37. The summed E-state index contributed by atoms with van der Waals surface area (Å²) in [6, 6.07) is 13.9. The molecule has 0 N–H and O–H groups in total. The first kappa shape index (κ1) is 20.3. The molecule has 7 heteroatoms. The Morgan fingerprint density at radius 2 is 1.77 bits per heavy atom. The summed E-state index contributed by atoms with van der Waals surface area (Å²) in [7, 11) is 0. The zero-order valence-electron chi connectivity index (χ0n) is 16.6. The molecule has 2 aliphatic rings. The zero-order valence-corrected chi connectivity index (χ0v) is 16.6. The summed E-state index contributed by atoms with van der Waals surface area (Å²) in [5.41, 5.74) is 2.21. The van der Waals surface area contributed by atoms with Gasteiger partial charge in [0.2, 0.25) is 5.91 Å². The number of rotatable bonds is 4. The Kier molecular flexibility index (Phi) is 5.97. The monoisotopic (exact) mass is 414 g/mol. The van der Waals surface area contributed by atoms with Crippen molar-refractivity contribution in [1.82, 2.24) is 4.90 Å². The maximum absolute atomic E-state index is 13.3. The summed E-state index contributed by atoms with van der Waals surface area (Å²) in [4.78, 5) is 29.7. The van der Waals surface area contributed by atoms with Gasteiger partial charge in [0.1, 0.15) is 5.75 Å². The molecule has 1 unspecified atom stereocenters. The van der Waals surface area contributed by atoms with Crippen LogP contribution in [0.5, 0.6) is 5.75 Å². The number of carbonyl (C=O) groups excluding carboxylic acids is 2. The lowest BCUT2D eigenvalue weighted by molar-refractivity contribution is -0.123. The van der Waals surface area contributed by atoms with Crippen LogP contribution < -0.4 is 9.64 Å². The number of carbonyl (C=O) groups is 2. The van der Waals surface area contributed by atoms with Crippen LogP contribution in [0.2, 0.25) is 0 Å². The van der Waals surface area contributed by atoms with Crippen LogP contribution in [0.15, 0.2) is 48.5 Å². The summed E-state index contributed by atoms with van der Waals surface area (Å²) in [5.74, 6) is -0.812. The largest absolute Gasteiger partial charge is 0.434 e. The number of halogens is 2. The van der Waals surface area contributed by atoms with Crippen molar-refractivity contribution in [3.63, 3.8) is 0 Å². The molecule has 0 spiro atoms. The quantitative estimate of drug-likeness (QED) is 0.756. The van der Waals surface area contributed by atoms with Gasteiger partial charge >= 0.3 is 6.61 Å². The minimum atomic E-state index is -3.01. The van der Waals surface area contributed by atoms with E-state index in [2.05, 4.69) is 4.74 Å². The Balaban J connectivity index is 1.50. The van der Waals surface area contributed by atoms with Crippen LogP contribution in [0.1, 0.15) is 35.2 Å². The summed E-state index contributed by atoms with van der Waals surface area (Å²) in [6.07, 6.45) is 3.26. The second-order valence-corrected chi connectivity index (χ2v) is 7.69. The number of hydrogen-bond donors (Lipinski definition) is 0. The van der Waals surface area contributed by atoms with E-state index in [9.17, 15) is 18.4 Å². The topological polar surface area (TPSA) is 49.9 Å². The van der Waals surface area contributed by atoms with Gasteiger partial charge in [0.15, 0.2) is 0 Å². The lowest BCUT2D eigenvalue weighted by atomic mass is 9.93. The van der Waals surface area contributed by atoms with Crippen molar-refractivity contribution in [2.24, 2.45) is 5.92 Å². The third kappa shape index (κ3) is 4.15.